The van der Waals surface area contributed by atoms with E-state index in [0.717, 1.165) is 11.8 Å². The summed E-state index contributed by atoms with van der Waals surface area (Å²) in [6.07, 6.45) is 1.60. The molecule has 0 radical (unpaired) electrons. The van der Waals surface area contributed by atoms with Gasteiger partial charge in [0.15, 0.2) is 5.57 Å². The van der Waals surface area contributed by atoms with Crippen LogP contribution in [0.2, 0.25) is 0 Å². The van der Waals surface area contributed by atoms with E-state index in [1.165, 1.54) is 0 Å². The van der Waals surface area contributed by atoms with E-state index in [0.29, 0.717) is 0 Å². The van der Waals surface area contributed by atoms with Crippen LogP contribution in [0.25, 0.3) is 0 Å². The second kappa shape index (κ2) is 9.06. The van der Waals surface area contributed by atoms with Crippen LogP contribution in [-0.4, -0.2) is 19.5 Å². The van der Waals surface area contributed by atoms with Crippen LogP contribution in [0, 0.1) is 0 Å². The molecule has 0 rings (SSSR count). The number of hydrogen-bond acceptors (Lipinski definition) is 5. The van der Waals surface area contributed by atoms with Crippen LogP contribution >= 0.6 is 19.4 Å². The Morgan fingerprint density at radius 1 is 1.40 bits per heavy atom. The van der Waals surface area contributed by atoms with E-state index in [1.807, 2.05) is 0 Å². The minimum Gasteiger partial charge on any atom is -0.770 e. The fourth-order valence-electron chi connectivity index (χ4n) is 0.687. The van der Waals surface area contributed by atoms with Crippen molar-refractivity contribution in [3.05, 3.63) is 9.81 Å². The molecule has 0 aliphatic heterocycles. The van der Waals surface area contributed by atoms with E-state index in [9.17, 15) is 8.96 Å². The van der Waals surface area contributed by atoms with E-state index < -0.39 is 13.2 Å². The van der Waals surface area contributed by atoms with Crippen LogP contribution in [0.15, 0.2) is 9.81 Å². The van der Waals surface area contributed by atoms with Gasteiger partial charge in [0.05, 0.1) is 13.2 Å². The smallest absolute Gasteiger partial charge is 0.770 e. The third-order valence-corrected chi connectivity index (χ3v) is 4.62. The van der Waals surface area contributed by atoms with Crippen molar-refractivity contribution in [1.82, 2.24) is 0 Å². The van der Waals surface area contributed by atoms with Crippen molar-refractivity contribution in [1.29, 1.82) is 0 Å². The Morgan fingerprint density at radius 3 is 2.07 bits per heavy atom. The Labute approximate surface area is 112 Å². The fourth-order valence-corrected chi connectivity index (χ4v) is 3.00. The third kappa shape index (κ3) is 5.74. The number of thioether (sulfide) groups is 1. The van der Waals surface area contributed by atoms with E-state index >= 15 is 0 Å². The summed E-state index contributed by atoms with van der Waals surface area (Å²) in [5.74, 6) is 0. The van der Waals surface area contributed by atoms with Crippen LogP contribution in [0.5, 0.6) is 0 Å². The van der Waals surface area contributed by atoms with Crippen LogP contribution in [0.4, 0.5) is 4.39 Å². The van der Waals surface area contributed by atoms with Crippen molar-refractivity contribution in [2.24, 2.45) is 0 Å². The van der Waals surface area contributed by atoms with Crippen LogP contribution in [0.1, 0.15) is 13.8 Å². The molecule has 0 saturated carbocycles. The maximum atomic E-state index is 13.5. The molecule has 0 N–H and O–H groups in total. The minimum atomic E-state index is -3.80. The summed E-state index contributed by atoms with van der Waals surface area (Å²) in [6.45, 7) is 3.45. The summed E-state index contributed by atoms with van der Waals surface area (Å²) in [5, 5.41) is 0. The molecule has 8 heteroatoms. The van der Waals surface area contributed by atoms with E-state index in [-0.39, 0.29) is 36.3 Å². The van der Waals surface area contributed by atoms with Crippen molar-refractivity contribution in [3.8, 4) is 0 Å². The van der Waals surface area contributed by atoms with Crippen LogP contribution in [0.3, 0.4) is 0 Å². The van der Waals surface area contributed by atoms with E-state index in [2.05, 4.69) is 12.6 Å². The molecule has 0 spiro atoms. The zero-order chi connectivity index (χ0) is 11.2. The van der Waals surface area contributed by atoms with Crippen molar-refractivity contribution < 1.29 is 36.9 Å². The molecule has 0 unspecified atom stereocenters. The number of halogens is 1. The largest absolute Gasteiger partial charge is 1.00 e. The molecule has 0 aromatic rings. The normalized spacial score (nSPS) is 13.1. The SMILES string of the molecule is CCOP(=O)(OCC)/C(F)=C(\[S-])SC.[Li+]. The average molecular weight is 266 g/mol. The first-order valence-electron chi connectivity index (χ1n) is 4.02. The standard InChI is InChI=1S/C7H14FO3PS2.Li/c1-4-10-12(9,11-5-2)6(8)7(13)14-3;/h13H,4-5H2,1-3H3;/q;+1/p-1/b7-6+;. The zero-order valence-corrected chi connectivity index (χ0v) is 11.8. The van der Waals surface area contributed by atoms with E-state index in [1.54, 1.807) is 20.1 Å². The first-order valence-corrected chi connectivity index (χ1v) is 7.19. The zero-order valence-electron chi connectivity index (χ0n) is 9.28. The summed E-state index contributed by atoms with van der Waals surface area (Å²) in [6, 6.07) is 0. The predicted molar refractivity (Wildman–Crippen MR) is 59.9 cm³/mol. The van der Waals surface area contributed by atoms with Gasteiger partial charge in [-0.05, 0) is 20.1 Å². The molecule has 0 bridgehead atoms. The second-order valence-corrected chi connectivity index (χ2v) is 5.50. The number of rotatable bonds is 6. The van der Waals surface area contributed by atoms with Gasteiger partial charge in [-0.1, -0.05) is 4.24 Å². The van der Waals surface area contributed by atoms with Crippen molar-refractivity contribution in [2.45, 2.75) is 13.8 Å². The van der Waals surface area contributed by atoms with Crippen molar-refractivity contribution in [3.63, 3.8) is 0 Å². The van der Waals surface area contributed by atoms with Gasteiger partial charge in [0.1, 0.15) is 0 Å². The summed E-state index contributed by atoms with van der Waals surface area (Å²) in [5.41, 5.74) is -0.969. The third-order valence-electron chi connectivity index (χ3n) is 1.19. The molecule has 0 fully saturated rings. The quantitative estimate of drug-likeness (QED) is 0.391. The van der Waals surface area contributed by atoms with Gasteiger partial charge >= 0.3 is 26.5 Å². The van der Waals surface area contributed by atoms with Gasteiger partial charge in [0.25, 0.3) is 0 Å². The molecule has 3 nitrogen and oxygen atoms in total. The molecule has 0 aliphatic carbocycles. The van der Waals surface area contributed by atoms with E-state index in [4.69, 9.17) is 9.05 Å². The molecule has 0 atom stereocenters. The Balaban J connectivity index is 0. The van der Waals surface area contributed by atoms with Gasteiger partial charge in [0.2, 0.25) is 0 Å². The van der Waals surface area contributed by atoms with Gasteiger partial charge in [0, 0.05) is 0 Å². The Morgan fingerprint density at radius 2 is 1.80 bits per heavy atom. The van der Waals surface area contributed by atoms with Gasteiger partial charge in [-0.15, -0.1) is 0 Å². The van der Waals surface area contributed by atoms with Crippen LogP contribution in [-0.2, 0) is 26.2 Å². The van der Waals surface area contributed by atoms with Gasteiger partial charge in [-0.3, -0.25) is 4.57 Å². The molecular formula is C7H13FLiO3PS2. The summed E-state index contributed by atoms with van der Waals surface area (Å²) < 4.78 is 34.7. The monoisotopic (exact) mass is 266 g/mol. The predicted octanol–water partition coefficient (Wildman–Crippen LogP) is 0.262. The molecule has 0 aromatic carbocycles. The minimum absolute atomic E-state index is 0. The molecule has 0 heterocycles. The maximum absolute atomic E-state index is 13.5. The molecule has 15 heavy (non-hydrogen) atoms. The maximum Gasteiger partial charge on any atom is 1.00 e. The fraction of sp³-hybridized carbons (Fsp3) is 0.714. The van der Waals surface area contributed by atoms with Gasteiger partial charge in [-0.25, -0.2) is 0 Å². The first-order chi connectivity index (χ1) is 6.51. The molecule has 84 valence electrons. The average Bonchev–Trinajstić information content (AvgIpc) is 2.16. The number of hydrogen-bond donors (Lipinski definition) is 0. The molecular weight excluding hydrogens is 253 g/mol. The summed E-state index contributed by atoms with van der Waals surface area (Å²) in [7, 11) is -3.80. The van der Waals surface area contributed by atoms with Crippen molar-refractivity contribution >= 4 is 32.0 Å². The second-order valence-electron chi connectivity index (χ2n) is 2.12. The first kappa shape index (κ1) is 18.4. The van der Waals surface area contributed by atoms with Crippen LogP contribution < -0.4 is 18.9 Å². The molecule has 0 aliphatic rings. The summed E-state index contributed by atoms with van der Waals surface area (Å²) >= 11 is 5.67. The summed E-state index contributed by atoms with van der Waals surface area (Å²) in [4.78, 5) is 0. The Bertz CT molecular complexity index is 253. The van der Waals surface area contributed by atoms with Gasteiger partial charge < -0.3 is 21.7 Å². The van der Waals surface area contributed by atoms with Gasteiger partial charge in [-0.2, -0.15) is 16.2 Å². The topological polar surface area (TPSA) is 35.5 Å². The van der Waals surface area contributed by atoms with Crippen molar-refractivity contribution in [2.75, 3.05) is 19.5 Å². The Kier molecular flexibility index (Phi) is 11.1. The molecule has 0 saturated heterocycles. The molecule has 0 amide bonds. The molecule has 0 aromatic heterocycles. The Hall–Kier alpha value is 0.987.